The van der Waals surface area contributed by atoms with Gasteiger partial charge in [0.05, 0.1) is 81.6 Å². The number of anilines is 6. The number of halogens is 3. The third-order valence-corrected chi connectivity index (χ3v) is 18.4. The first-order valence-corrected chi connectivity index (χ1v) is 31.9. The number of carboxylic acids is 3. The van der Waals surface area contributed by atoms with Gasteiger partial charge in [0.25, 0.3) is 0 Å². The number of carbonyl (C=O) groups excluding carboxylic acids is 1. The molecule has 0 amide bonds. The van der Waals surface area contributed by atoms with Crippen LogP contribution < -0.4 is 59.9 Å². The number of methoxy groups -OCH3 is 1. The van der Waals surface area contributed by atoms with Crippen LogP contribution in [0.4, 0.5) is 47.9 Å². The predicted octanol–water partition coefficient (Wildman–Crippen LogP) is 6.21. The third kappa shape index (κ3) is 12.2. The van der Waals surface area contributed by atoms with Crippen LogP contribution in [0.1, 0.15) is 92.4 Å². The highest BCUT2D eigenvalue weighted by atomic mass is 19.1. The molecular formula is C67H66F3N15O14. The molecule has 0 unspecified atom stereocenters. The molecule has 29 nitrogen and oxygen atoms in total. The summed E-state index contributed by atoms with van der Waals surface area (Å²) in [7, 11) is 1.28. The number of benzene rings is 3. The lowest BCUT2D eigenvalue weighted by atomic mass is 10.1. The number of carbonyl (C=O) groups is 4. The molecule has 6 aliphatic rings. The molecule has 3 atom stereocenters. The Morgan fingerprint density at radius 3 is 1.19 bits per heavy atom. The van der Waals surface area contributed by atoms with Crippen molar-refractivity contribution in [3.05, 3.63) is 156 Å². The van der Waals surface area contributed by atoms with E-state index < -0.39 is 63.2 Å². The highest BCUT2D eigenvalue weighted by Crippen LogP contribution is 2.46. The van der Waals surface area contributed by atoms with Crippen LogP contribution >= 0.6 is 0 Å². The van der Waals surface area contributed by atoms with E-state index in [9.17, 15) is 48.9 Å². The number of ether oxygens (including phenoxy) is 4. The van der Waals surface area contributed by atoms with E-state index in [0.717, 1.165) is 42.7 Å². The Kier molecular flexibility index (Phi) is 17.9. The first kappa shape index (κ1) is 66.0. The highest BCUT2D eigenvalue weighted by Gasteiger charge is 2.36. The fourth-order valence-electron chi connectivity index (χ4n) is 13.3. The molecule has 0 radical (unpaired) electrons. The summed E-state index contributed by atoms with van der Waals surface area (Å²) in [6, 6.07) is 4.51. The van der Waals surface area contributed by atoms with Crippen LogP contribution in [0.25, 0.3) is 32.7 Å². The second kappa shape index (κ2) is 26.8. The number of aromatic carboxylic acids is 3. The Balaban J connectivity index is 0.000000134. The number of piperazine rings is 2. The van der Waals surface area contributed by atoms with Gasteiger partial charge in [-0.2, -0.15) is 0 Å². The number of hydrogen-bond acceptors (Lipinski definition) is 23. The van der Waals surface area contributed by atoms with E-state index >= 15 is 13.2 Å². The Labute approximate surface area is 560 Å². The molecule has 99 heavy (non-hydrogen) atoms. The number of aromatic nitrogens is 9. The van der Waals surface area contributed by atoms with Crippen LogP contribution in [-0.4, -0.2) is 188 Å². The Bertz CT molecular complexity index is 4910. The molecule has 514 valence electrons. The smallest absolute Gasteiger partial charge is 0.341 e. The third-order valence-electron chi connectivity index (χ3n) is 18.4. The average Bonchev–Trinajstić information content (AvgIpc) is 0.809. The summed E-state index contributed by atoms with van der Waals surface area (Å²) in [5.41, 5.74) is -0.145. The zero-order valence-corrected chi connectivity index (χ0v) is 54.2. The van der Waals surface area contributed by atoms with Gasteiger partial charge < -0.3 is 77.4 Å². The quantitative estimate of drug-likeness (QED) is 0.128. The van der Waals surface area contributed by atoms with E-state index in [2.05, 4.69) is 39.5 Å². The van der Waals surface area contributed by atoms with Crippen molar-refractivity contribution in [1.82, 2.24) is 43.6 Å². The summed E-state index contributed by atoms with van der Waals surface area (Å²) in [5.74, 6) is -3.74. The lowest BCUT2D eigenvalue weighted by Crippen LogP contribution is -2.47. The molecule has 0 saturated carbocycles. The van der Waals surface area contributed by atoms with Crippen LogP contribution in [0.2, 0.25) is 0 Å². The normalized spacial score (nSPS) is 17.9. The van der Waals surface area contributed by atoms with Crippen LogP contribution in [0.15, 0.2) is 94.4 Å². The van der Waals surface area contributed by atoms with Crippen molar-refractivity contribution in [3.63, 3.8) is 0 Å². The molecule has 6 aliphatic heterocycles. The number of rotatable bonds is 10. The van der Waals surface area contributed by atoms with E-state index in [1.54, 1.807) is 44.6 Å². The number of aryl methyl sites for hydroxylation is 1. The summed E-state index contributed by atoms with van der Waals surface area (Å²) in [5, 5.41) is 28.3. The van der Waals surface area contributed by atoms with Gasteiger partial charge in [0.1, 0.15) is 59.4 Å². The van der Waals surface area contributed by atoms with Crippen molar-refractivity contribution in [3.8, 4) is 17.2 Å². The van der Waals surface area contributed by atoms with Crippen LogP contribution in [0.3, 0.4) is 0 Å². The van der Waals surface area contributed by atoms with E-state index in [1.807, 2.05) is 52.2 Å². The molecule has 32 heteroatoms. The summed E-state index contributed by atoms with van der Waals surface area (Å²) in [6.07, 6.45) is 14.4. The van der Waals surface area contributed by atoms with Crippen molar-refractivity contribution in [2.24, 2.45) is 0 Å². The van der Waals surface area contributed by atoms with Gasteiger partial charge in [0, 0.05) is 122 Å². The summed E-state index contributed by atoms with van der Waals surface area (Å²) in [6.45, 7) is 14.7. The highest BCUT2D eigenvalue weighted by molar-refractivity contribution is 6.00. The topological polar surface area (TPSA) is 329 Å². The molecule has 12 heterocycles. The second-order valence-corrected chi connectivity index (χ2v) is 24.6. The van der Waals surface area contributed by atoms with Crippen LogP contribution in [0.5, 0.6) is 17.2 Å². The summed E-state index contributed by atoms with van der Waals surface area (Å²) in [4.78, 5) is 122. The van der Waals surface area contributed by atoms with Crippen molar-refractivity contribution in [2.75, 3.05) is 135 Å². The number of carboxylic acid groups (broad SMARTS) is 3. The zero-order chi connectivity index (χ0) is 69.8. The number of esters is 1. The molecule has 15 rings (SSSR count). The standard InChI is InChI=1S/C23H22FN5O6.C23H24FN5O4.C21H20FN5O4/c1-12-11-35-20-17-14(19(30)15(21(31)32)10-29(12)17)7-16(24)18(20)27-3-5-28(6-4-27)23-25-8-13(9-26-23)22(33)34-2;1-13-9-26-18(10-25-13)27-4-3-5-28(7-6-27)20-17(24)8-15-19-22(20)33-12-14(2)29(19)11-16(21(15)30)23(31)32;1-12-11-31-19-16-13(18(28)14(20(29)30)10-27(12)16)9-15(22)17(19)25-5-7-26(8-6-25)21-23-3-2-4-24-21/h7-10,12H,3-6,11H2,1-2H3,(H,31,32);8-11,14H,3-7,12H2,1-2H3,(H,31,32);2-4,9-10,12H,5-8,11H2,1H3,(H,29,30)/t12-;14-;12-/m000/s1. The fraction of sp³-hybridized carbons (Fsp3) is 0.358. The minimum Gasteiger partial charge on any atom is -0.487 e. The second-order valence-electron chi connectivity index (χ2n) is 24.6. The molecule has 3 aromatic carbocycles. The maximum atomic E-state index is 15.5. The van der Waals surface area contributed by atoms with Gasteiger partial charge in [-0.05, 0) is 58.4 Å². The molecule has 3 saturated heterocycles. The van der Waals surface area contributed by atoms with Gasteiger partial charge in [0.15, 0.2) is 34.7 Å². The molecule has 6 aromatic heterocycles. The van der Waals surface area contributed by atoms with Gasteiger partial charge in [0.2, 0.25) is 28.2 Å². The van der Waals surface area contributed by atoms with Crippen molar-refractivity contribution >= 4 is 91.4 Å². The first-order chi connectivity index (χ1) is 47.6. The Hall–Kier alpha value is -11.6. The van der Waals surface area contributed by atoms with Crippen LogP contribution in [0, 0.1) is 24.4 Å². The van der Waals surface area contributed by atoms with E-state index in [1.165, 1.54) is 38.1 Å². The van der Waals surface area contributed by atoms with Gasteiger partial charge in [-0.3, -0.25) is 19.4 Å². The molecular weight excluding hydrogens is 1300 g/mol. The number of pyridine rings is 3. The Morgan fingerprint density at radius 2 is 0.828 bits per heavy atom. The maximum absolute atomic E-state index is 15.5. The average molecular weight is 1360 g/mol. The minimum absolute atomic E-state index is 0.0130. The molecule has 0 aliphatic carbocycles. The minimum atomic E-state index is -1.36. The molecule has 3 N–H and O–H groups in total. The molecule has 3 fully saturated rings. The van der Waals surface area contributed by atoms with Crippen LogP contribution in [-0.2, 0) is 4.74 Å². The van der Waals surface area contributed by atoms with Crippen molar-refractivity contribution in [2.45, 2.75) is 52.2 Å². The molecule has 9 aromatic rings. The lowest BCUT2D eigenvalue weighted by molar-refractivity contribution is 0.0597. The van der Waals surface area contributed by atoms with Gasteiger partial charge in [-0.1, -0.05) is 0 Å². The van der Waals surface area contributed by atoms with Gasteiger partial charge >= 0.3 is 23.9 Å². The van der Waals surface area contributed by atoms with E-state index in [4.69, 9.17) is 14.2 Å². The molecule has 0 spiro atoms. The largest absolute Gasteiger partial charge is 0.487 e. The fourth-order valence-corrected chi connectivity index (χ4v) is 13.3. The molecule has 0 bridgehead atoms. The predicted molar refractivity (Wildman–Crippen MR) is 356 cm³/mol. The zero-order valence-electron chi connectivity index (χ0n) is 54.2. The number of nitrogens with zero attached hydrogens (tertiary/aromatic N) is 15. The SMILES string of the molecule is COC(=O)c1cnc(N2CCN(c3c(F)cc4c(=O)c(C(=O)O)cn5c4c3OC[C@@H]5C)CC2)nc1.C[C@H]1COc2c(N3CCN(c4ncccn4)CC3)c(F)cc3c(=O)c(C(=O)O)cn1c23.Cc1cnc(N2CCCN(c3c(F)cc4c(=O)c(C(=O)O)cn5c4c3OC[C@@H]5C)CC2)cn1. The number of hydrogen-bond donors (Lipinski definition) is 3. The summed E-state index contributed by atoms with van der Waals surface area (Å²) < 4.78 is 73.7. The van der Waals surface area contributed by atoms with Crippen molar-refractivity contribution < 1.29 is 66.6 Å². The van der Waals surface area contributed by atoms with Gasteiger partial charge in [-0.15, -0.1) is 0 Å². The van der Waals surface area contributed by atoms with E-state index in [0.29, 0.717) is 118 Å². The monoisotopic (exact) mass is 1360 g/mol. The summed E-state index contributed by atoms with van der Waals surface area (Å²) >= 11 is 0. The maximum Gasteiger partial charge on any atom is 0.341 e. The Morgan fingerprint density at radius 1 is 0.475 bits per heavy atom. The van der Waals surface area contributed by atoms with Crippen molar-refractivity contribution in [1.29, 1.82) is 0 Å². The first-order valence-electron chi connectivity index (χ1n) is 31.9. The van der Waals surface area contributed by atoms with E-state index in [-0.39, 0.29) is 88.0 Å². The van der Waals surface area contributed by atoms with Gasteiger partial charge in [-0.25, -0.2) is 57.3 Å². The lowest BCUT2D eigenvalue weighted by Gasteiger charge is -2.38.